The topological polar surface area (TPSA) is 52.7 Å². The average molecular weight is 487 g/mol. The molecule has 0 radical (unpaired) electrons. The molecule has 0 aliphatic carbocycles. The number of benzene rings is 1. The lowest BCUT2D eigenvalue weighted by molar-refractivity contribution is 0.687. The minimum atomic E-state index is -1.78. The van der Waals surface area contributed by atoms with Crippen molar-refractivity contribution in [1.82, 2.24) is 19.3 Å². The van der Waals surface area contributed by atoms with Crippen molar-refractivity contribution in [3.05, 3.63) is 76.2 Å². The van der Waals surface area contributed by atoms with Crippen LogP contribution in [0.15, 0.2) is 53.5 Å². The summed E-state index contributed by atoms with van der Waals surface area (Å²) in [6.07, 6.45) is 1.46. The Hall–Kier alpha value is -0.950. The van der Waals surface area contributed by atoms with E-state index in [4.69, 9.17) is 69.6 Å². The summed E-state index contributed by atoms with van der Waals surface area (Å²) in [6.45, 7) is 0.0968. The van der Waals surface area contributed by atoms with Crippen LogP contribution in [0.4, 0.5) is 0 Å². The number of alkyl halides is 6. The molecule has 0 aliphatic heterocycles. The minimum absolute atomic E-state index is 0.0329. The molecule has 0 bridgehead atoms. The molecule has 0 unspecified atom stereocenters. The molecule has 27 heavy (non-hydrogen) atoms. The van der Waals surface area contributed by atoms with Gasteiger partial charge in [0.15, 0.2) is 0 Å². The van der Waals surface area contributed by atoms with Crippen molar-refractivity contribution in [2.24, 2.45) is 0 Å². The predicted molar refractivity (Wildman–Crippen MR) is 110 cm³/mol. The normalized spacial score (nSPS) is 12.4. The van der Waals surface area contributed by atoms with Crippen molar-refractivity contribution in [3.8, 4) is 5.69 Å². The van der Waals surface area contributed by atoms with Gasteiger partial charge < -0.3 is 0 Å². The lowest BCUT2D eigenvalue weighted by Crippen LogP contribution is -2.26. The second-order valence-corrected chi connectivity index (χ2v) is 10.0. The number of rotatable bonds is 3. The Morgan fingerprint density at radius 3 is 2.15 bits per heavy atom. The van der Waals surface area contributed by atoms with Gasteiger partial charge >= 0.3 is 5.69 Å². The smallest absolute Gasteiger partial charge is 0.293 e. The molecule has 0 saturated heterocycles. The van der Waals surface area contributed by atoms with Gasteiger partial charge in [-0.25, -0.2) is 9.48 Å². The summed E-state index contributed by atoms with van der Waals surface area (Å²) < 4.78 is -0.671. The Balaban J connectivity index is 1.99. The lowest BCUT2D eigenvalue weighted by atomic mass is 10.3. The van der Waals surface area contributed by atoms with Crippen LogP contribution in [-0.2, 0) is 14.1 Å². The molecule has 0 N–H and O–H groups in total. The van der Waals surface area contributed by atoms with Crippen molar-refractivity contribution in [2.45, 2.75) is 14.1 Å². The second-order valence-electron chi connectivity index (χ2n) is 5.49. The van der Waals surface area contributed by atoms with Crippen LogP contribution in [0.5, 0.6) is 0 Å². The van der Waals surface area contributed by atoms with Crippen LogP contribution in [0.25, 0.3) is 5.69 Å². The van der Waals surface area contributed by atoms with Crippen molar-refractivity contribution in [2.75, 3.05) is 0 Å². The zero-order valence-electron chi connectivity index (χ0n) is 13.3. The van der Waals surface area contributed by atoms with E-state index in [9.17, 15) is 4.79 Å². The molecule has 3 aromatic rings. The molecular weight excluding hydrogens is 477 g/mol. The number of nitrogens with zero attached hydrogens (tertiary/aromatic N) is 4. The van der Waals surface area contributed by atoms with Crippen LogP contribution in [0, 0.1) is 0 Å². The number of para-hydroxylation sites is 1. The van der Waals surface area contributed by atoms with Gasteiger partial charge in [-0.3, -0.25) is 4.57 Å². The SMILES string of the molecule is O=c1nc(C(Cl)(Cl)Cl)ccn1Cc1cc(C(Cl)(Cl)Cl)n(-c2ccccc2)n1. The fraction of sp³-hybridized carbons (Fsp3) is 0.188. The molecular formula is C16H10Cl6N4O. The Morgan fingerprint density at radius 2 is 1.59 bits per heavy atom. The molecule has 0 fully saturated rings. The molecule has 142 valence electrons. The Labute approximate surface area is 184 Å². The molecule has 0 amide bonds. The van der Waals surface area contributed by atoms with Crippen LogP contribution in [0.3, 0.4) is 0 Å². The minimum Gasteiger partial charge on any atom is -0.293 e. The first-order valence-electron chi connectivity index (χ1n) is 7.42. The fourth-order valence-corrected chi connectivity index (χ4v) is 3.08. The van der Waals surface area contributed by atoms with Crippen molar-refractivity contribution in [1.29, 1.82) is 0 Å². The van der Waals surface area contributed by atoms with Crippen LogP contribution in [0.1, 0.15) is 17.1 Å². The van der Waals surface area contributed by atoms with Gasteiger partial charge in [-0.15, -0.1) is 0 Å². The van der Waals surface area contributed by atoms with Gasteiger partial charge in [0.25, 0.3) is 0 Å². The van der Waals surface area contributed by atoms with Crippen LogP contribution < -0.4 is 5.69 Å². The molecule has 2 heterocycles. The summed E-state index contributed by atoms with van der Waals surface area (Å²) in [5, 5.41) is 4.45. The highest BCUT2D eigenvalue weighted by molar-refractivity contribution is 6.67. The van der Waals surface area contributed by atoms with E-state index in [0.29, 0.717) is 17.1 Å². The van der Waals surface area contributed by atoms with E-state index < -0.39 is 13.3 Å². The van der Waals surface area contributed by atoms with E-state index in [0.717, 1.165) is 0 Å². The first kappa shape index (κ1) is 20.8. The molecule has 1 aromatic carbocycles. The van der Waals surface area contributed by atoms with Gasteiger partial charge in [0.1, 0.15) is 0 Å². The molecule has 0 saturated carbocycles. The van der Waals surface area contributed by atoms with E-state index in [1.165, 1.54) is 21.5 Å². The second kappa shape index (κ2) is 7.82. The van der Waals surface area contributed by atoms with Crippen molar-refractivity contribution < 1.29 is 0 Å². The maximum absolute atomic E-state index is 12.2. The van der Waals surface area contributed by atoms with E-state index >= 15 is 0 Å². The molecule has 3 rings (SSSR count). The van der Waals surface area contributed by atoms with Gasteiger partial charge in [0.05, 0.1) is 29.3 Å². The number of hydrogen-bond donors (Lipinski definition) is 0. The Kier molecular flexibility index (Phi) is 6.02. The highest BCUT2D eigenvalue weighted by Gasteiger charge is 2.30. The number of halogens is 6. The summed E-state index contributed by atoms with van der Waals surface area (Å²) in [5.41, 5.74) is 0.981. The number of aromatic nitrogens is 4. The third kappa shape index (κ3) is 4.91. The van der Waals surface area contributed by atoms with Crippen LogP contribution in [0.2, 0.25) is 0 Å². The molecule has 2 aromatic heterocycles. The zero-order valence-corrected chi connectivity index (χ0v) is 17.8. The highest BCUT2D eigenvalue weighted by Crippen LogP contribution is 2.39. The summed E-state index contributed by atoms with van der Waals surface area (Å²) in [7, 11) is 0. The summed E-state index contributed by atoms with van der Waals surface area (Å²) in [6, 6.07) is 12.2. The molecule has 5 nitrogen and oxygen atoms in total. The van der Waals surface area contributed by atoms with Gasteiger partial charge in [0, 0.05) is 6.20 Å². The van der Waals surface area contributed by atoms with Gasteiger partial charge in [-0.05, 0) is 24.3 Å². The van der Waals surface area contributed by atoms with E-state index in [1.54, 1.807) is 6.07 Å². The van der Waals surface area contributed by atoms with Gasteiger partial charge in [-0.2, -0.15) is 10.1 Å². The predicted octanol–water partition coefficient (Wildman–Crippen LogP) is 5.13. The average Bonchev–Trinajstić information content (AvgIpc) is 3.01. The van der Waals surface area contributed by atoms with Crippen molar-refractivity contribution in [3.63, 3.8) is 0 Å². The quantitative estimate of drug-likeness (QED) is 0.482. The van der Waals surface area contributed by atoms with E-state index in [1.807, 2.05) is 30.3 Å². The standard InChI is InChI=1S/C16H10Cl6N4O/c17-15(18,19)12-6-7-25(14(27)23-12)9-10-8-13(16(20,21)22)26(24-10)11-4-2-1-3-5-11/h1-8H,9H2. The fourth-order valence-electron chi connectivity index (χ4n) is 2.36. The first-order chi connectivity index (χ1) is 12.6. The summed E-state index contributed by atoms with van der Waals surface area (Å²) in [4.78, 5) is 16.0. The van der Waals surface area contributed by atoms with Crippen LogP contribution >= 0.6 is 69.6 Å². The van der Waals surface area contributed by atoms with Gasteiger partial charge in [-0.1, -0.05) is 87.8 Å². The van der Waals surface area contributed by atoms with E-state index in [2.05, 4.69) is 10.1 Å². The summed E-state index contributed by atoms with van der Waals surface area (Å²) >= 11 is 35.5. The van der Waals surface area contributed by atoms with Crippen molar-refractivity contribution >= 4 is 69.6 Å². The molecule has 0 spiro atoms. The van der Waals surface area contributed by atoms with Gasteiger partial charge in [0.2, 0.25) is 7.59 Å². The molecule has 0 aliphatic rings. The largest absolute Gasteiger partial charge is 0.348 e. The maximum atomic E-state index is 12.2. The third-order valence-electron chi connectivity index (χ3n) is 3.55. The lowest BCUT2D eigenvalue weighted by Gasteiger charge is -2.13. The highest BCUT2D eigenvalue weighted by atomic mass is 35.6. The Morgan fingerprint density at radius 1 is 0.926 bits per heavy atom. The zero-order chi connectivity index (χ0) is 19.8. The first-order valence-corrected chi connectivity index (χ1v) is 9.69. The third-order valence-corrected chi connectivity index (χ3v) is 4.71. The Bertz CT molecular complexity index is 1000. The van der Waals surface area contributed by atoms with Crippen LogP contribution in [-0.4, -0.2) is 19.3 Å². The van der Waals surface area contributed by atoms with E-state index in [-0.39, 0.29) is 12.2 Å². The summed E-state index contributed by atoms with van der Waals surface area (Å²) in [5.74, 6) is 0. The number of hydrogen-bond acceptors (Lipinski definition) is 3. The monoisotopic (exact) mass is 484 g/mol. The molecule has 11 heteroatoms. The molecule has 0 atom stereocenters. The maximum Gasteiger partial charge on any atom is 0.348 e.